The molecule has 1 aliphatic carbocycles. The number of fused-ring (bicyclic) bond motifs is 1. The zero-order valence-corrected chi connectivity index (χ0v) is 19.1. The molecule has 0 atom stereocenters. The van der Waals surface area contributed by atoms with Crippen molar-refractivity contribution in [3.8, 4) is 17.2 Å². The number of methoxy groups -OCH3 is 3. The van der Waals surface area contributed by atoms with Crippen LogP contribution in [-0.2, 0) is 10.8 Å². The Kier molecular flexibility index (Phi) is 5.71. The first kappa shape index (κ1) is 21.3. The molecule has 3 nitrogen and oxygen atoms in total. The molecule has 0 bridgehead atoms. The fourth-order valence-corrected chi connectivity index (χ4v) is 4.35. The number of allylic oxidation sites excluding steroid dienone is 1. The van der Waals surface area contributed by atoms with E-state index in [-0.39, 0.29) is 10.8 Å². The molecule has 0 saturated carbocycles. The van der Waals surface area contributed by atoms with Gasteiger partial charge in [0.1, 0.15) is 0 Å². The fraction of sp³-hybridized carbons (Fsp3) is 0.462. The molecule has 0 aliphatic heterocycles. The Morgan fingerprint density at radius 3 is 1.86 bits per heavy atom. The molecule has 3 rings (SSSR count). The van der Waals surface area contributed by atoms with Gasteiger partial charge in [0.15, 0.2) is 11.5 Å². The summed E-state index contributed by atoms with van der Waals surface area (Å²) in [6.45, 7) is 11.6. The lowest BCUT2D eigenvalue weighted by molar-refractivity contribution is 0.324. The fourth-order valence-electron chi connectivity index (χ4n) is 4.35. The Balaban J connectivity index is 2.06. The highest BCUT2D eigenvalue weighted by molar-refractivity contribution is 5.82. The average Bonchev–Trinajstić information content (AvgIpc) is 2.70. The van der Waals surface area contributed by atoms with Crippen LogP contribution in [0.5, 0.6) is 17.2 Å². The second kappa shape index (κ2) is 7.78. The second-order valence-corrected chi connectivity index (χ2v) is 9.31. The summed E-state index contributed by atoms with van der Waals surface area (Å²) in [5, 5.41) is 0. The van der Waals surface area contributed by atoms with Gasteiger partial charge in [-0.15, -0.1) is 0 Å². The van der Waals surface area contributed by atoms with E-state index in [0.717, 1.165) is 5.56 Å². The first-order chi connectivity index (χ1) is 13.6. The zero-order chi connectivity index (χ0) is 21.4. The van der Waals surface area contributed by atoms with Crippen LogP contribution in [0.1, 0.15) is 69.7 Å². The van der Waals surface area contributed by atoms with Gasteiger partial charge in [-0.2, -0.15) is 0 Å². The highest BCUT2D eigenvalue weighted by Gasteiger charge is 2.36. The number of benzene rings is 2. The van der Waals surface area contributed by atoms with Crippen molar-refractivity contribution in [3.63, 3.8) is 0 Å². The molecule has 1 aliphatic rings. The summed E-state index contributed by atoms with van der Waals surface area (Å²) in [5.74, 6) is 1.95. The van der Waals surface area contributed by atoms with Gasteiger partial charge in [-0.25, -0.2) is 0 Å². The maximum atomic E-state index is 5.50. The molecule has 3 heteroatoms. The predicted octanol–water partition coefficient (Wildman–Crippen LogP) is 6.62. The SMILES string of the molecule is COc1cc(/C=C(\C)c2ccc3c(c2)C(C)(C)CCC3(C)C)cc(OC)c1OC. The van der Waals surface area contributed by atoms with E-state index in [1.165, 1.54) is 35.1 Å². The Morgan fingerprint density at radius 2 is 1.34 bits per heavy atom. The summed E-state index contributed by atoms with van der Waals surface area (Å²) in [4.78, 5) is 0. The minimum absolute atomic E-state index is 0.202. The summed E-state index contributed by atoms with van der Waals surface area (Å²) >= 11 is 0. The average molecular weight is 395 g/mol. The van der Waals surface area contributed by atoms with Crippen molar-refractivity contribution in [1.82, 2.24) is 0 Å². The third-order valence-corrected chi connectivity index (χ3v) is 6.38. The van der Waals surface area contributed by atoms with Crippen LogP contribution in [-0.4, -0.2) is 21.3 Å². The lowest BCUT2D eigenvalue weighted by Crippen LogP contribution is -2.33. The highest BCUT2D eigenvalue weighted by Crippen LogP contribution is 2.46. The van der Waals surface area contributed by atoms with Crippen molar-refractivity contribution in [3.05, 3.63) is 52.6 Å². The molecule has 0 fully saturated rings. The summed E-state index contributed by atoms with van der Waals surface area (Å²) in [6, 6.07) is 10.9. The van der Waals surface area contributed by atoms with Crippen molar-refractivity contribution in [1.29, 1.82) is 0 Å². The second-order valence-electron chi connectivity index (χ2n) is 9.31. The van der Waals surface area contributed by atoms with Gasteiger partial charge in [0.2, 0.25) is 5.75 Å². The van der Waals surface area contributed by atoms with Crippen molar-refractivity contribution in [2.45, 2.75) is 58.3 Å². The van der Waals surface area contributed by atoms with Crippen LogP contribution in [0.3, 0.4) is 0 Å². The lowest BCUT2D eigenvalue weighted by atomic mass is 9.63. The minimum atomic E-state index is 0.202. The molecule has 0 radical (unpaired) electrons. The Bertz CT molecular complexity index is 910. The molecule has 0 heterocycles. The van der Waals surface area contributed by atoms with Gasteiger partial charge in [-0.1, -0.05) is 52.0 Å². The predicted molar refractivity (Wildman–Crippen MR) is 121 cm³/mol. The van der Waals surface area contributed by atoms with Crippen LogP contribution in [0.2, 0.25) is 0 Å². The number of ether oxygens (including phenoxy) is 3. The van der Waals surface area contributed by atoms with Crippen molar-refractivity contribution >= 4 is 11.6 Å². The first-order valence-electron chi connectivity index (χ1n) is 10.3. The summed E-state index contributed by atoms with van der Waals surface area (Å²) < 4.78 is 16.4. The van der Waals surface area contributed by atoms with Gasteiger partial charge in [-0.3, -0.25) is 0 Å². The largest absolute Gasteiger partial charge is 0.493 e. The van der Waals surface area contributed by atoms with E-state index in [4.69, 9.17) is 14.2 Å². The third-order valence-electron chi connectivity index (χ3n) is 6.38. The third kappa shape index (κ3) is 4.01. The van der Waals surface area contributed by atoms with Crippen LogP contribution in [0.25, 0.3) is 11.6 Å². The van der Waals surface area contributed by atoms with Gasteiger partial charge in [-0.05, 0) is 70.6 Å². The van der Waals surface area contributed by atoms with E-state index < -0.39 is 0 Å². The highest BCUT2D eigenvalue weighted by atomic mass is 16.5. The van der Waals surface area contributed by atoms with Gasteiger partial charge >= 0.3 is 0 Å². The molecule has 2 aromatic carbocycles. The Hall–Kier alpha value is -2.42. The molecule has 156 valence electrons. The van der Waals surface area contributed by atoms with E-state index in [2.05, 4.69) is 58.9 Å². The van der Waals surface area contributed by atoms with Crippen molar-refractivity contribution in [2.24, 2.45) is 0 Å². The van der Waals surface area contributed by atoms with Gasteiger partial charge in [0.25, 0.3) is 0 Å². The number of rotatable bonds is 5. The van der Waals surface area contributed by atoms with E-state index in [1.54, 1.807) is 21.3 Å². The van der Waals surface area contributed by atoms with Crippen LogP contribution in [0.15, 0.2) is 30.3 Å². The zero-order valence-electron chi connectivity index (χ0n) is 19.1. The van der Waals surface area contributed by atoms with E-state index >= 15 is 0 Å². The van der Waals surface area contributed by atoms with E-state index in [1.807, 2.05) is 12.1 Å². The molecule has 0 N–H and O–H groups in total. The van der Waals surface area contributed by atoms with E-state index in [0.29, 0.717) is 17.2 Å². The molecule has 0 saturated heterocycles. The van der Waals surface area contributed by atoms with Crippen molar-refractivity contribution < 1.29 is 14.2 Å². The quantitative estimate of drug-likeness (QED) is 0.533. The Labute approximate surface area is 175 Å². The lowest BCUT2D eigenvalue weighted by Gasteiger charge is -2.42. The first-order valence-corrected chi connectivity index (χ1v) is 10.3. The van der Waals surface area contributed by atoms with Gasteiger partial charge < -0.3 is 14.2 Å². The summed E-state index contributed by atoms with van der Waals surface area (Å²) in [7, 11) is 4.91. The maximum absolute atomic E-state index is 5.50. The van der Waals surface area contributed by atoms with Crippen LogP contribution in [0, 0.1) is 0 Å². The van der Waals surface area contributed by atoms with Crippen LogP contribution in [0.4, 0.5) is 0 Å². The minimum Gasteiger partial charge on any atom is -0.493 e. The standard InChI is InChI=1S/C26H34O3/c1-17(13-18-14-22(27-6)24(29-8)23(15-18)28-7)19-9-10-20-21(16-19)26(4,5)12-11-25(20,2)3/h9-10,13-16H,11-12H2,1-8H3/b17-13+. The molecular formula is C26H34O3. The normalized spacial score (nSPS) is 17.4. The molecule has 0 unspecified atom stereocenters. The molecule has 0 spiro atoms. The maximum Gasteiger partial charge on any atom is 0.203 e. The van der Waals surface area contributed by atoms with Crippen molar-refractivity contribution in [2.75, 3.05) is 21.3 Å². The molecular weight excluding hydrogens is 360 g/mol. The Morgan fingerprint density at radius 1 is 0.793 bits per heavy atom. The summed E-state index contributed by atoms with van der Waals surface area (Å²) in [6.07, 6.45) is 4.62. The number of hydrogen-bond acceptors (Lipinski definition) is 3. The summed E-state index contributed by atoms with van der Waals surface area (Å²) in [5.41, 5.74) is 6.88. The van der Waals surface area contributed by atoms with Crippen LogP contribution >= 0.6 is 0 Å². The van der Waals surface area contributed by atoms with Gasteiger partial charge in [0.05, 0.1) is 21.3 Å². The van der Waals surface area contributed by atoms with E-state index in [9.17, 15) is 0 Å². The van der Waals surface area contributed by atoms with Gasteiger partial charge in [0, 0.05) is 0 Å². The monoisotopic (exact) mass is 394 g/mol. The topological polar surface area (TPSA) is 27.7 Å². The number of hydrogen-bond donors (Lipinski definition) is 0. The van der Waals surface area contributed by atoms with Crippen LogP contribution < -0.4 is 14.2 Å². The molecule has 0 aromatic heterocycles. The molecule has 2 aromatic rings. The smallest absolute Gasteiger partial charge is 0.203 e. The molecule has 0 amide bonds. The molecule has 29 heavy (non-hydrogen) atoms.